The number of thiocarbonyl (C=S) groups is 1. The number of aromatic nitrogens is 3. The Morgan fingerprint density at radius 1 is 1.14 bits per heavy atom. The molecule has 0 saturated carbocycles. The van der Waals surface area contributed by atoms with Gasteiger partial charge in [0.25, 0.3) is 0 Å². The molecule has 5 aromatic rings. The number of carbonyl (C=O) groups excluding carboxylic acids is 1. The number of fused-ring (bicyclic) bond motifs is 1. The molecule has 36 heavy (non-hydrogen) atoms. The predicted octanol–water partition coefficient (Wildman–Crippen LogP) is 5.98. The number of nitrogens with zero attached hydrogens (tertiary/aromatic N) is 2. The molecular weight excluding hydrogens is 497 g/mol. The Labute approximate surface area is 215 Å². The first-order valence-corrected chi connectivity index (χ1v) is 12.2. The summed E-state index contributed by atoms with van der Waals surface area (Å²) in [6, 6.07) is 17.3. The van der Waals surface area contributed by atoms with Crippen LogP contribution in [-0.2, 0) is 11.2 Å². The van der Waals surface area contributed by atoms with Crippen LogP contribution in [0.15, 0.2) is 73.1 Å². The van der Waals surface area contributed by atoms with Crippen LogP contribution < -0.4 is 15.4 Å². The summed E-state index contributed by atoms with van der Waals surface area (Å²) >= 11 is 6.67. The smallest absolute Gasteiger partial charge is 0.230 e. The largest absolute Gasteiger partial charge is 0.453 e. The summed E-state index contributed by atoms with van der Waals surface area (Å²) in [5.74, 6) is 0.520. The van der Waals surface area contributed by atoms with Crippen LogP contribution in [0.4, 0.5) is 10.1 Å². The van der Waals surface area contributed by atoms with Gasteiger partial charge in [0.1, 0.15) is 11.6 Å². The van der Waals surface area contributed by atoms with E-state index < -0.39 is 5.82 Å². The summed E-state index contributed by atoms with van der Waals surface area (Å²) in [7, 11) is 0. The molecule has 3 heterocycles. The fourth-order valence-corrected chi connectivity index (χ4v) is 4.82. The van der Waals surface area contributed by atoms with Crippen molar-refractivity contribution in [3.05, 3.63) is 90.3 Å². The lowest BCUT2D eigenvalue weighted by Gasteiger charge is -2.12. The molecule has 5 rings (SSSR count). The first-order valence-electron chi connectivity index (χ1n) is 11.0. The number of imidazole rings is 1. The number of pyridine rings is 1. The summed E-state index contributed by atoms with van der Waals surface area (Å²) < 4.78 is 21.6. The van der Waals surface area contributed by atoms with E-state index in [0.717, 1.165) is 32.2 Å². The maximum atomic E-state index is 14.9. The number of thiophene rings is 1. The standard InChI is InChI=1S/C26H20FN5O2S2/c1-15-29-14-20(30-15)23-13-19-25(36-23)22(9-10-28-19)34-21-8-7-17(12-18(21)27)31-26(35)32-24(33)11-16-5-3-2-4-6-16/h2-10,12-14H,11H2,1H3,(H,29,30)(H2,31,32,33,35). The average Bonchev–Trinajstić information content (AvgIpc) is 3.48. The Balaban J connectivity index is 1.26. The highest BCUT2D eigenvalue weighted by Crippen LogP contribution is 2.39. The third-order valence-electron chi connectivity index (χ3n) is 5.20. The Morgan fingerprint density at radius 3 is 2.72 bits per heavy atom. The van der Waals surface area contributed by atoms with Crippen LogP contribution in [0.5, 0.6) is 11.5 Å². The highest BCUT2D eigenvalue weighted by Gasteiger charge is 2.15. The second-order valence-corrected chi connectivity index (χ2v) is 9.38. The lowest BCUT2D eigenvalue weighted by Crippen LogP contribution is -2.35. The second-order valence-electron chi connectivity index (χ2n) is 7.92. The van der Waals surface area contributed by atoms with Crippen LogP contribution in [-0.4, -0.2) is 26.0 Å². The predicted molar refractivity (Wildman–Crippen MR) is 143 cm³/mol. The molecule has 0 aliphatic carbocycles. The van der Waals surface area contributed by atoms with Gasteiger partial charge in [0.05, 0.1) is 27.2 Å². The Bertz CT molecular complexity index is 1570. The molecule has 3 aromatic heterocycles. The number of benzene rings is 2. The molecule has 0 aliphatic rings. The van der Waals surface area contributed by atoms with Gasteiger partial charge in [0.15, 0.2) is 16.7 Å². The van der Waals surface area contributed by atoms with Gasteiger partial charge in [-0.2, -0.15) is 0 Å². The molecule has 0 unspecified atom stereocenters. The van der Waals surface area contributed by atoms with Crippen molar-refractivity contribution in [1.29, 1.82) is 0 Å². The zero-order valence-corrected chi connectivity index (χ0v) is 20.7. The molecule has 7 nitrogen and oxygen atoms in total. The summed E-state index contributed by atoms with van der Waals surface area (Å²) in [4.78, 5) is 25.0. The zero-order valence-electron chi connectivity index (χ0n) is 19.0. The molecule has 0 atom stereocenters. The van der Waals surface area contributed by atoms with Gasteiger partial charge in [-0.1, -0.05) is 30.3 Å². The van der Waals surface area contributed by atoms with E-state index in [1.54, 1.807) is 18.3 Å². The molecule has 0 radical (unpaired) electrons. The molecule has 0 aliphatic heterocycles. The maximum absolute atomic E-state index is 14.9. The van der Waals surface area contributed by atoms with E-state index >= 15 is 0 Å². The summed E-state index contributed by atoms with van der Waals surface area (Å²) in [5.41, 5.74) is 2.81. The molecular formula is C26H20FN5O2S2. The van der Waals surface area contributed by atoms with Gasteiger partial charge in [-0.25, -0.2) is 9.37 Å². The number of amides is 1. The van der Waals surface area contributed by atoms with Crippen molar-refractivity contribution < 1.29 is 13.9 Å². The van der Waals surface area contributed by atoms with Gasteiger partial charge in [0, 0.05) is 30.2 Å². The number of rotatable bonds is 6. The van der Waals surface area contributed by atoms with Crippen molar-refractivity contribution in [1.82, 2.24) is 20.3 Å². The normalized spacial score (nSPS) is 10.8. The van der Waals surface area contributed by atoms with Crippen LogP contribution in [0, 0.1) is 12.7 Å². The summed E-state index contributed by atoms with van der Waals surface area (Å²) in [6.45, 7) is 1.89. The number of nitrogens with one attached hydrogen (secondary N) is 3. The highest BCUT2D eigenvalue weighted by atomic mass is 32.1. The first kappa shape index (κ1) is 23.6. The molecule has 0 bridgehead atoms. The number of halogens is 1. The van der Waals surface area contributed by atoms with Crippen molar-refractivity contribution in [2.24, 2.45) is 0 Å². The van der Waals surface area contributed by atoms with E-state index in [-0.39, 0.29) is 23.2 Å². The monoisotopic (exact) mass is 517 g/mol. The van der Waals surface area contributed by atoms with E-state index in [9.17, 15) is 9.18 Å². The number of hydrogen-bond acceptors (Lipinski definition) is 6. The number of anilines is 1. The minimum Gasteiger partial charge on any atom is -0.453 e. The average molecular weight is 518 g/mol. The van der Waals surface area contributed by atoms with Gasteiger partial charge in [-0.15, -0.1) is 11.3 Å². The molecule has 180 valence electrons. The molecule has 2 aromatic carbocycles. The second kappa shape index (κ2) is 10.2. The third-order valence-corrected chi connectivity index (χ3v) is 6.57. The number of ether oxygens (including phenoxy) is 1. The van der Waals surface area contributed by atoms with Crippen molar-refractivity contribution in [2.45, 2.75) is 13.3 Å². The molecule has 0 saturated heterocycles. The van der Waals surface area contributed by atoms with E-state index in [1.807, 2.05) is 49.5 Å². The fourth-order valence-electron chi connectivity index (χ4n) is 3.56. The molecule has 0 spiro atoms. The molecule has 1 amide bonds. The fraction of sp³-hybridized carbons (Fsp3) is 0.0769. The maximum Gasteiger partial charge on any atom is 0.230 e. The van der Waals surface area contributed by atoms with E-state index in [1.165, 1.54) is 23.5 Å². The first-order chi connectivity index (χ1) is 17.4. The van der Waals surface area contributed by atoms with Gasteiger partial charge >= 0.3 is 0 Å². The molecule has 0 fully saturated rings. The SMILES string of the molecule is Cc1nc(-c2cc3nccc(Oc4ccc(NC(=S)NC(=O)Cc5ccccc5)cc4F)c3s2)c[nH]1. The number of aryl methyl sites for hydroxylation is 1. The number of hydrogen-bond donors (Lipinski definition) is 3. The van der Waals surface area contributed by atoms with Crippen molar-refractivity contribution >= 4 is 50.5 Å². The van der Waals surface area contributed by atoms with Crippen LogP contribution in [0.1, 0.15) is 11.4 Å². The molecule has 3 N–H and O–H groups in total. The Kier molecular flexibility index (Phi) is 6.70. The molecule has 10 heteroatoms. The van der Waals surface area contributed by atoms with Crippen molar-refractivity contribution in [3.63, 3.8) is 0 Å². The summed E-state index contributed by atoms with van der Waals surface area (Å²) in [5, 5.41) is 5.52. The van der Waals surface area contributed by atoms with E-state index in [2.05, 4.69) is 25.6 Å². The van der Waals surface area contributed by atoms with Crippen LogP contribution in [0.25, 0.3) is 20.8 Å². The lowest BCUT2D eigenvalue weighted by atomic mass is 10.1. The van der Waals surface area contributed by atoms with Gasteiger partial charge < -0.3 is 20.4 Å². The number of H-pyrrole nitrogens is 1. The van der Waals surface area contributed by atoms with Crippen LogP contribution in [0.2, 0.25) is 0 Å². The minimum atomic E-state index is -0.580. The topological polar surface area (TPSA) is 91.9 Å². The number of aromatic amines is 1. The third kappa shape index (κ3) is 5.40. The minimum absolute atomic E-state index is 0.0534. The Hall–Kier alpha value is -4.15. The lowest BCUT2D eigenvalue weighted by molar-refractivity contribution is -0.119. The quantitative estimate of drug-likeness (QED) is 0.240. The van der Waals surface area contributed by atoms with Gasteiger partial charge in [-0.3, -0.25) is 9.78 Å². The van der Waals surface area contributed by atoms with E-state index in [4.69, 9.17) is 17.0 Å². The highest BCUT2D eigenvalue weighted by molar-refractivity contribution is 7.80. The van der Waals surface area contributed by atoms with Crippen molar-refractivity contribution in [3.8, 4) is 22.1 Å². The zero-order chi connectivity index (χ0) is 25.1. The van der Waals surface area contributed by atoms with Gasteiger partial charge in [0.2, 0.25) is 5.91 Å². The van der Waals surface area contributed by atoms with Gasteiger partial charge in [-0.05, 0) is 42.9 Å². The summed E-state index contributed by atoms with van der Waals surface area (Å²) in [6.07, 6.45) is 3.64. The van der Waals surface area contributed by atoms with Crippen molar-refractivity contribution in [2.75, 3.05) is 5.32 Å². The Morgan fingerprint density at radius 2 is 1.97 bits per heavy atom. The van der Waals surface area contributed by atoms with Crippen LogP contribution >= 0.6 is 23.6 Å². The van der Waals surface area contributed by atoms with Crippen LogP contribution in [0.3, 0.4) is 0 Å². The number of carbonyl (C=O) groups is 1. The van der Waals surface area contributed by atoms with E-state index in [0.29, 0.717) is 11.4 Å².